The second kappa shape index (κ2) is 4.90. The zero-order valence-corrected chi connectivity index (χ0v) is 9.15. The third-order valence-corrected chi connectivity index (χ3v) is 3.01. The van der Waals surface area contributed by atoms with E-state index in [1.165, 1.54) is 7.11 Å². The van der Waals surface area contributed by atoms with E-state index >= 15 is 0 Å². The summed E-state index contributed by atoms with van der Waals surface area (Å²) in [5, 5.41) is 0. The number of methoxy groups -OCH3 is 1. The van der Waals surface area contributed by atoms with Crippen LogP contribution in [-0.2, 0) is 14.8 Å². The van der Waals surface area contributed by atoms with Crippen molar-refractivity contribution in [2.45, 2.75) is 19.4 Å². The van der Waals surface area contributed by atoms with Crippen LogP contribution in [-0.4, -0.2) is 40.0 Å². The molecule has 5 nitrogen and oxygen atoms in total. The number of nitrogens with two attached hydrogens (primary N) is 1. The van der Waals surface area contributed by atoms with E-state index in [2.05, 4.69) is 4.72 Å². The van der Waals surface area contributed by atoms with Gasteiger partial charge in [-0.3, -0.25) is 0 Å². The van der Waals surface area contributed by atoms with E-state index in [1.54, 1.807) is 13.8 Å². The molecule has 0 rings (SSSR count). The fourth-order valence-corrected chi connectivity index (χ4v) is 1.61. The van der Waals surface area contributed by atoms with Crippen LogP contribution in [0.4, 0.5) is 0 Å². The van der Waals surface area contributed by atoms with Gasteiger partial charge in [0.05, 0.1) is 11.4 Å². The highest BCUT2D eigenvalue weighted by molar-refractivity contribution is 7.89. The van der Waals surface area contributed by atoms with Crippen molar-refractivity contribution < 1.29 is 13.2 Å². The Morgan fingerprint density at radius 3 is 2.38 bits per heavy atom. The second-order valence-corrected chi connectivity index (χ2v) is 5.32. The minimum absolute atomic E-state index is 0.0488. The first-order valence-corrected chi connectivity index (χ1v) is 5.71. The maximum absolute atomic E-state index is 11.1. The Bertz CT molecular complexity index is 236. The standard InChI is InChI=1S/C7H18N2O3S/c1-7(2,12-3)6-9-13(10,11)5-4-8/h9H,4-6,8H2,1-3H3. The van der Waals surface area contributed by atoms with E-state index in [0.29, 0.717) is 0 Å². The van der Waals surface area contributed by atoms with Crippen molar-refractivity contribution in [2.24, 2.45) is 5.73 Å². The van der Waals surface area contributed by atoms with Crippen LogP contribution in [0.2, 0.25) is 0 Å². The predicted octanol–water partition coefficient (Wildman–Crippen LogP) is -0.710. The van der Waals surface area contributed by atoms with Gasteiger partial charge in [-0.05, 0) is 13.8 Å². The maximum atomic E-state index is 11.1. The van der Waals surface area contributed by atoms with Crippen LogP contribution in [0.15, 0.2) is 0 Å². The summed E-state index contributed by atoms with van der Waals surface area (Å²) in [6, 6.07) is 0. The number of hydrogen-bond acceptors (Lipinski definition) is 4. The van der Waals surface area contributed by atoms with Crippen LogP contribution in [0.3, 0.4) is 0 Å². The third-order valence-electron chi connectivity index (χ3n) is 1.66. The molecule has 3 N–H and O–H groups in total. The Hall–Kier alpha value is -0.170. The zero-order chi connectivity index (χ0) is 10.5. The molecule has 0 aliphatic carbocycles. The summed E-state index contributed by atoms with van der Waals surface area (Å²) < 4.78 is 29.8. The molecule has 0 saturated heterocycles. The summed E-state index contributed by atoms with van der Waals surface area (Å²) in [5.41, 5.74) is 4.65. The van der Waals surface area contributed by atoms with Crippen molar-refractivity contribution in [2.75, 3.05) is 26.0 Å². The fourth-order valence-electron chi connectivity index (χ4n) is 0.583. The van der Waals surface area contributed by atoms with Crippen molar-refractivity contribution in [3.05, 3.63) is 0 Å². The van der Waals surface area contributed by atoms with Crippen LogP contribution in [0, 0.1) is 0 Å². The molecule has 6 heteroatoms. The molecule has 80 valence electrons. The van der Waals surface area contributed by atoms with Gasteiger partial charge in [-0.2, -0.15) is 0 Å². The van der Waals surface area contributed by atoms with Crippen LogP contribution < -0.4 is 10.5 Å². The quantitative estimate of drug-likeness (QED) is 0.607. The van der Waals surface area contributed by atoms with Gasteiger partial charge in [-0.1, -0.05) is 0 Å². The first-order chi connectivity index (χ1) is 5.83. The molecule has 0 aromatic heterocycles. The van der Waals surface area contributed by atoms with E-state index in [4.69, 9.17) is 10.5 Å². The molecule has 0 aromatic rings. The lowest BCUT2D eigenvalue weighted by Gasteiger charge is -2.22. The second-order valence-electron chi connectivity index (χ2n) is 3.39. The van der Waals surface area contributed by atoms with Gasteiger partial charge in [0.15, 0.2) is 0 Å². The topological polar surface area (TPSA) is 81.4 Å². The monoisotopic (exact) mass is 210 g/mol. The van der Waals surface area contributed by atoms with Gasteiger partial charge in [0.25, 0.3) is 0 Å². The lowest BCUT2D eigenvalue weighted by atomic mass is 10.1. The van der Waals surface area contributed by atoms with Crippen molar-refractivity contribution in [1.82, 2.24) is 4.72 Å². The average Bonchev–Trinajstić information content (AvgIpc) is 2.02. The van der Waals surface area contributed by atoms with Crippen molar-refractivity contribution in [3.63, 3.8) is 0 Å². The molecular weight excluding hydrogens is 192 g/mol. The number of ether oxygens (including phenoxy) is 1. The van der Waals surface area contributed by atoms with Gasteiger partial charge >= 0.3 is 0 Å². The molecule has 13 heavy (non-hydrogen) atoms. The zero-order valence-electron chi connectivity index (χ0n) is 8.33. The summed E-state index contributed by atoms with van der Waals surface area (Å²) in [5.74, 6) is -0.0488. The SMILES string of the molecule is COC(C)(C)CNS(=O)(=O)CCN. The number of rotatable bonds is 6. The highest BCUT2D eigenvalue weighted by Crippen LogP contribution is 2.05. The van der Waals surface area contributed by atoms with Crippen LogP contribution in [0.5, 0.6) is 0 Å². The number of hydrogen-bond donors (Lipinski definition) is 2. The van der Waals surface area contributed by atoms with Gasteiger partial charge in [-0.25, -0.2) is 13.1 Å². The molecule has 0 heterocycles. The van der Waals surface area contributed by atoms with Gasteiger partial charge in [0, 0.05) is 20.2 Å². The Morgan fingerprint density at radius 1 is 1.46 bits per heavy atom. The summed E-state index contributed by atoms with van der Waals surface area (Å²) >= 11 is 0. The van der Waals surface area contributed by atoms with E-state index in [-0.39, 0.29) is 18.8 Å². The molecule has 0 unspecified atom stereocenters. The van der Waals surface area contributed by atoms with Crippen LogP contribution in [0.25, 0.3) is 0 Å². The lowest BCUT2D eigenvalue weighted by molar-refractivity contribution is 0.0276. The van der Waals surface area contributed by atoms with Crippen LogP contribution >= 0.6 is 0 Å². The smallest absolute Gasteiger partial charge is 0.212 e. The van der Waals surface area contributed by atoms with Crippen LogP contribution in [0.1, 0.15) is 13.8 Å². The maximum Gasteiger partial charge on any atom is 0.212 e. The minimum atomic E-state index is -3.23. The molecular formula is C7H18N2O3S. The molecule has 0 spiro atoms. The van der Waals surface area contributed by atoms with Gasteiger partial charge in [0.2, 0.25) is 10.0 Å². The van der Waals surface area contributed by atoms with Gasteiger partial charge in [-0.15, -0.1) is 0 Å². The van der Waals surface area contributed by atoms with E-state index < -0.39 is 15.6 Å². The van der Waals surface area contributed by atoms with E-state index in [0.717, 1.165) is 0 Å². The molecule has 0 amide bonds. The number of sulfonamides is 1. The lowest BCUT2D eigenvalue weighted by Crippen LogP contribution is -2.41. The summed E-state index contributed by atoms with van der Waals surface area (Å²) in [6.07, 6.45) is 0. The molecule has 0 fully saturated rings. The Morgan fingerprint density at radius 2 is 2.00 bits per heavy atom. The first-order valence-electron chi connectivity index (χ1n) is 4.05. The van der Waals surface area contributed by atoms with Crippen molar-refractivity contribution >= 4 is 10.0 Å². The van der Waals surface area contributed by atoms with Gasteiger partial charge < -0.3 is 10.5 Å². The largest absolute Gasteiger partial charge is 0.377 e. The minimum Gasteiger partial charge on any atom is -0.377 e. The molecule has 0 aliphatic rings. The van der Waals surface area contributed by atoms with Gasteiger partial charge in [0.1, 0.15) is 0 Å². The molecule has 0 aliphatic heterocycles. The first kappa shape index (κ1) is 12.8. The van der Waals surface area contributed by atoms with Crippen molar-refractivity contribution in [1.29, 1.82) is 0 Å². The van der Waals surface area contributed by atoms with Crippen molar-refractivity contribution in [3.8, 4) is 0 Å². The molecule has 0 radical (unpaired) electrons. The normalized spacial score (nSPS) is 13.2. The van der Waals surface area contributed by atoms with E-state index in [1.807, 2.05) is 0 Å². The van der Waals surface area contributed by atoms with E-state index in [9.17, 15) is 8.42 Å². The highest BCUT2D eigenvalue weighted by Gasteiger charge is 2.19. The summed E-state index contributed by atoms with van der Waals surface area (Å²) in [7, 11) is -1.69. The molecule has 0 atom stereocenters. The molecule has 0 saturated carbocycles. The molecule has 0 aromatic carbocycles. The average molecular weight is 210 g/mol. The molecule has 0 bridgehead atoms. The summed E-state index contributed by atoms with van der Waals surface area (Å²) in [6.45, 7) is 3.99. The number of nitrogens with one attached hydrogen (secondary N) is 1. The third kappa shape index (κ3) is 5.98. The Kier molecular flexibility index (Phi) is 4.83. The Balaban J connectivity index is 4.02. The fraction of sp³-hybridized carbons (Fsp3) is 1.00. The predicted molar refractivity (Wildman–Crippen MR) is 51.9 cm³/mol. The Labute approximate surface area is 79.7 Å². The summed E-state index contributed by atoms with van der Waals surface area (Å²) in [4.78, 5) is 0. The highest BCUT2D eigenvalue weighted by atomic mass is 32.2.